The molecule has 0 aromatic carbocycles. The Hall–Kier alpha value is -0.780. The van der Waals surface area contributed by atoms with Crippen LogP contribution in [0.2, 0.25) is 0 Å². The summed E-state index contributed by atoms with van der Waals surface area (Å²) in [7, 11) is 0. The third-order valence-electron chi connectivity index (χ3n) is 2.98. The zero-order valence-electron chi connectivity index (χ0n) is 12.7. The van der Waals surface area contributed by atoms with Gasteiger partial charge in [-0.3, -0.25) is 0 Å². The third-order valence-corrected chi connectivity index (χ3v) is 2.98. The minimum atomic E-state index is 0.401. The van der Waals surface area contributed by atoms with Gasteiger partial charge in [0.2, 0.25) is 0 Å². The Morgan fingerprint density at radius 2 is 1.65 bits per heavy atom. The molecule has 0 N–H and O–H groups in total. The average molecular weight is 234 g/mol. The van der Waals surface area contributed by atoms with Crippen molar-refractivity contribution < 1.29 is 0 Å². The first-order valence-electron chi connectivity index (χ1n) is 6.84. The molecule has 0 aliphatic rings. The molecule has 0 bridgehead atoms. The Kier molecular flexibility index (Phi) is 7.18. The molecule has 0 heterocycles. The molecule has 0 aromatic heterocycles. The van der Waals surface area contributed by atoms with Gasteiger partial charge in [-0.15, -0.1) is 0 Å². The summed E-state index contributed by atoms with van der Waals surface area (Å²) < 4.78 is 0. The van der Waals surface area contributed by atoms with Crippen LogP contribution >= 0.6 is 0 Å². The molecule has 0 saturated carbocycles. The van der Waals surface area contributed by atoms with Crippen LogP contribution in [0.4, 0.5) is 0 Å². The van der Waals surface area contributed by atoms with Gasteiger partial charge in [0.25, 0.3) is 0 Å². The normalized spacial score (nSPS) is 14.0. The standard InChI is InChI=1S/C17H30/c1-8-14(3)12-16(9-2)13-15(4)10-11-17(5,6)7/h12-13H,4,8-11H2,1-3,5-7H3/b14-12+,16-13-. The molecule has 0 heteroatoms. The molecule has 0 aliphatic heterocycles. The molecule has 98 valence electrons. The second-order valence-electron chi connectivity index (χ2n) is 6.14. The van der Waals surface area contributed by atoms with Crippen LogP contribution in [0.1, 0.15) is 67.2 Å². The van der Waals surface area contributed by atoms with Gasteiger partial charge in [-0.2, -0.15) is 0 Å². The van der Waals surface area contributed by atoms with Crippen molar-refractivity contribution in [1.82, 2.24) is 0 Å². The fraction of sp³-hybridized carbons (Fsp3) is 0.647. The molecule has 0 amide bonds. The maximum absolute atomic E-state index is 4.17. The van der Waals surface area contributed by atoms with Gasteiger partial charge < -0.3 is 0 Å². The van der Waals surface area contributed by atoms with E-state index in [1.165, 1.54) is 23.1 Å². The summed E-state index contributed by atoms with van der Waals surface area (Å²) in [6.45, 7) is 17.6. The van der Waals surface area contributed by atoms with Crippen LogP contribution in [0.3, 0.4) is 0 Å². The van der Waals surface area contributed by atoms with Crippen molar-refractivity contribution in [2.24, 2.45) is 5.41 Å². The van der Waals surface area contributed by atoms with Crippen molar-refractivity contribution in [3.05, 3.63) is 35.5 Å². The molecule has 0 aromatic rings. The molecule has 0 saturated heterocycles. The van der Waals surface area contributed by atoms with Crippen LogP contribution < -0.4 is 0 Å². The second-order valence-corrected chi connectivity index (χ2v) is 6.14. The van der Waals surface area contributed by atoms with E-state index in [0.717, 1.165) is 19.3 Å². The first-order valence-corrected chi connectivity index (χ1v) is 6.84. The maximum Gasteiger partial charge on any atom is -0.0280 e. The lowest BCUT2D eigenvalue weighted by Gasteiger charge is -2.17. The zero-order chi connectivity index (χ0) is 13.5. The molecular formula is C17H30. The Morgan fingerprint density at radius 3 is 2.06 bits per heavy atom. The predicted octanol–water partition coefficient (Wildman–Crippen LogP) is 6.06. The summed E-state index contributed by atoms with van der Waals surface area (Å²) in [6, 6.07) is 0. The molecule has 0 rings (SSSR count). The first kappa shape index (κ1) is 16.2. The molecule has 0 unspecified atom stereocenters. The minimum Gasteiger partial charge on any atom is -0.0958 e. The monoisotopic (exact) mass is 234 g/mol. The van der Waals surface area contributed by atoms with Crippen LogP contribution in [0.25, 0.3) is 0 Å². The van der Waals surface area contributed by atoms with E-state index in [1.807, 2.05) is 0 Å². The topological polar surface area (TPSA) is 0 Å². The molecular weight excluding hydrogens is 204 g/mol. The minimum absolute atomic E-state index is 0.401. The fourth-order valence-corrected chi connectivity index (χ4v) is 1.53. The van der Waals surface area contributed by atoms with Gasteiger partial charge in [0.1, 0.15) is 0 Å². The number of hydrogen-bond acceptors (Lipinski definition) is 0. The van der Waals surface area contributed by atoms with E-state index >= 15 is 0 Å². The third kappa shape index (κ3) is 8.97. The van der Waals surface area contributed by atoms with Crippen LogP contribution in [-0.4, -0.2) is 0 Å². The predicted molar refractivity (Wildman–Crippen MR) is 80.3 cm³/mol. The van der Waals surface area contributed by atoms with E-state index in [2.05, 4.69) is 60.3 Å². The molecule has 17 heavy (non-hydrogen) atoms. The number of allylic oxidation sites excluding steroid dienone is 5. The molecule has 0 aliphatic carbocycles. The van der Waals surface area contributed by atoms with E-state index in [4.69, 9.17) is 0 Å². The Balaban J connectivity index is 4.48. The number of hydrogen-bond donors (Lipinski definition) is 0. The van der Waals surface area contributed by atoms with Gasteiger partial charge in [-0.25, -0.2) is 0 Å². The van der Waals surface area contributed by atoms with Crippen LogP contribution in [0.5, 0.6) is 0 Å². The summed E-state index contributed by atoms with van der Waals surface area (Å²) in [5, 5.41) is 0. The summed E-state index contributed by atoms with van der Waals surface area (Å²) in [5.74, 6) is 0. The molecule has 0 radical (unpaired) electrons. The van der Waals surface area contributed by atoms with E-state index in [-0.39, 0.29) is 0 Å². The van der Waals surface area contributed by atoms with Crippen molar-refractivity contribution >= 4 is 0 Å². The van der Waals surface area contributed by atoms with Crippen LogP contribution in [0.15, 0.2) is 35.5 Å². The lowest BCUT2D eigenvalue weighted by atomic mass is 9.88. The first-order chi connectivity index (χ1) is 7.78. The fourth-order valence-electron chi connectivity index (χ4n) is 1.53. The van der Waals surface area contributed by atoms with Crippen molar-refractivity contribution in [2.45, 2.75) is 67.2 Å². The highest BCUT2D eigenvalue weighted by Crippen LogP contribution is 2.24. The van der Waals surface area contributed by atoms with E-state index in [9.17, 15) is 0 Å². The SMILES string of the molecule is C=C(/C=C(\C=C(/C)CC)CC)CCC(C)(C)C. The molecule has 0 atom stereocenters. The second kappa shape index (κ2) is 7.53. The van der Waals surface area contributed by atoms with E-state index in [1.54, 1.807) is 0 Å². The summed E-state index contributed by atoms with van der Waals surface area (Å²) >= 11 is 0. The number of rotatable bonds is 6. The summed E-state index contributed by atoms with van der Waals surface area (Å²) in [5.41, 5.74) is 4.51. The zero-order valence-corrected chi connectivity index (χ0v) is 12.7. The lowest BCUT2D eigenvalue weighted by molar-refractivity contribution is 0.379. The van der Waals surface area contributed by atoms with Crippen LogP contribution in [0, 0.1) is 5.41 Å². The Labute approximate surface area is 109 Å². The highest BCUT2D eigenvalue weighted by molar-refractivity contribution is 5.30. The largest absolute Gasteiger partial charge is 0.0958 e. The van der Waals surface area contributed by atoms with Gasteiger partial charge in [-0.05, 0) is 43.6 Å². The highest BCUT2D eigenvalue weighted by Gasteiger charge is 2.09. The van der Waals surface area contributed by atoms with Crippen LogP contribution in [-0.2, 0) is 0 Å². The van der Waals surface area contributed by atoms with E-state index in [0.29, 0.717) is 5.41 Å². The van der Waals surface area contributed by atoms with Crippen molar-refractivity contribution in [2.75, 3.05) is 0 Å². The Morgan fingerprint density at radius 1 is 1.06 bits per heavy atom. The average Bonchev–Trinajstić information content (AvgIpc) is 2.24. The maximum atomic E-state index is 4.17. The molecule has 0 nitrogen and oxygen atoms in total. The van der Waals surface area contributed by atoms with Gasteiger partial charge in [0, 0.05) is 0 Å². The smallest absolute Gasteiger partial charge is 0.0280 e. The summed E-state index contributed by atoms with van der Waals surface area (Å²) in [4.78, 5) is 0. The van der Waals surface area contributed by atoms with Crippen molar-refractivity contribution in [3.63, 3.8) is 0 Å². The Bertz CT molecular complexity index is 294. The van der Waals surface area contributed by atoms with Gasteiger partial charge in [0.05, 0.1) is 0 Å². The molecule has 0 spiro atoms. The van der Waals surface area contributed by atoms with Gasteiger partial charge in [-0.1, -0.05) is 64.5 Å². The quantitative estimate of drug-likeness (QED) is 0.490. The van der Waals surface area contributed by atoms with Gasteiger partial charge in [0.15, 0.2) is 0 Å². The lowest BCUT2D eigenvalue weighted by Crippen LogP contribution is -2.04. The molecule has 0 fully saturated rings. The summed E-state index contributed by atoms with van der Waals surface area (Å²) in [6.07, 6.45) is 9.10. The highest BCUT2D eigenvalue weighted by atomic mass is 14.1. The van der Waals surface area contributed by atoms with E-state index < -0.39 is 0 Å². The van der Waals surface area contributed by atoms with Crippen molar-refractivity contribution in [3.8, 4) is 0 Å². The van der Waals surface area contributed by atoms with Crippen molar-refractivity contribution in [1.29, 1.82) is 0 Å². The van der Waals surface area contributed by atoms with Gasteiger partial charge >= 0.3 is 0 Å².